The molecule has 3 N–H and O–H groups in total. The molecule has 13 heteroatoms. The van der Waals surface area contributed by atoms with E-state index in [-0.39, 0.29) is 0 Å². The second-order valence-electron chi connectivity index (χ2n) is 13.8. The van der Waals surface area contributed by atoms with Gasteiger partial charge >= 0.3 is 0 Å². The van der Waals surface area contributed by atoms with Crippen LogP contribution in [0.2, 0.25) is 0 Å². The normalized spacial score (nSPS) is 12.8. The first-order valence-electron chi connectivity index (χ1n) is 19.1. The summed E-state index contributed by atoms with van der Waals surface area (Å²) in [6.07, 6.45) is 11.9. The van der Waals surface area contributed by atoms with Crippen molar-refractivity contribution in [2.45, 2.75) is 42.5 Å². The summed E-state index contributed by atoms with van der Waals surface area (Å²) in [6.45, 7) is 4.19. The van der Waals surface area contributed by atoms with Gasteiger partial charge in [0.25, 0.3) is 0 Å². The fourth-order valence-corrected chi connectivity index (χ4v) is 8.23. The molecule has 4 aromatic carbocycles. The van der Waals surface area contributed by atoms with E-state index in [1.54, 1.807) is 36.2 Å². The fraction of sp³-hybridized carbons (Fsp3) is 0.152. The first-order valence-corrected chi connectivity index (χ1v) is 21.6. The van der Waals surface area contributed by atoms with Crippen molar-refractivity contribution in [3.05, 3.63) is 168 Å². The van der Waals surface area contributed by atoms with E-state index in [1.165, 1.54) is 16.0 Å². The van der Waals surface area contributed by atoms with E-state index in [0.717, 1.165) is 111 Å². The van der Waals surface area contributed by atoms with E-state index < -0.39 is 0 Å². The molecule has 0 bridgehead atoms. The number of benzene rings is 4. The van der Waals surface area contributed by atoms with Crippen molar-refractivity contribution in [3.63, 3.8) is 0 Å². The van der Waals surface area contributed by atoms with Crippen LogP contribution in [0.1, 0.15) is 38.4 Å². The quantitative estimate of drug-likeness (QED) is 0.0944. The largest absolute Gasteiger partial charge is 0.339 e. The number of hydrogen-bond donors (Lipinski definition) is 3. The summed E-state index contributed by atoms with van der Waals surface area (Å²) < 4.78 is 0. The SMILES string of the molecule is CSc1ccccc1C=O.CSc1ccccc1CN1Cc2ncnc(Nc3cnc4ccccc4c3)c2C1.c1ccc2ncc(Nc3ncnc4c3CNC4)cc2c1. The Balaban J connectivity index is 0.000000139. The zero-order chi connectivity index (χ0) is 40.4. The van der Waals surface area contributed by atoms with Crippen molar-refractivity contribution in [3.8, 4) is 0 Å². The van der Waals surface area contributed by atoms with Gasteiger partial charge in [0.15, 0.2) is 6.29 Å². The molecule has 59 heavy (non-hydrogen) atoms. The molecule has 0 spiro atoms. The number of rotatable bonds is 9. The number of fused-ring (bicyclic) bond motifs is 4. The molecule has 0 amide bonds. The van der Waals surface area contributed by atoms with Crippen LogP contribution in [0, 0.1) is 0 Å². The topological polar surface area (TPSA) is 134 Å². The van der Waals surface area contributed by atoms with Gasteiger partial charge < -0.3 is 16.0 Å². The summed E-state index contributed by atoms with van der Waals surface area (Å²) in [5, 5.41) is 12.3. The van der Waals surface area contributed by atoms with Crippen LogP contribution >= 0.6 is 23.5 Å². The number of carbonyl (C=O) groups is 1. The van der Waals surface area contributed by atoms with E-state index in [4.69, 9.17) is 0 Å². The zero-order valence-electron chi connectivity index (χ0n) is 32.7. The van der Waals surface area contributed by atoms with E-state index in [1.807, 2.05) is 79.3 Å². The molecule has 0 radical (unpaired) electrons. The standard InChI is InChI=1S/C23H21N5S.C15H13N5.C8H8OS/c1-29-22-9-5-3-7-17(22)12-28-13-19-21(14-28)25-15-26-23(19)27-18-10-16-6-2-4-8-20(16)24-11-18;1-2-4-13-10(3-1)5-11(6-17-13)20-15-12-7-16-8-14(12)18-9-19-15;1-10-8-5-3-2-4-7(8)6-9/h2-11,15H,12-14H2,1H3,(H,25,26,27);1-6,9,16H,7-8H2,(H,18,19,20);2-6H,1H3. The maximum Gasteiger partial charge on any atom is 0.151 e. The first kappa shape index (κ1) is 39.6. The lowest BCUT2D eigenvalue weighted by molar-refractivity contribution is 0.112. The minimum atomic E-state index is 0.773. The summed E-state index contributed by atoms with van der Waals surface area (Å²) >= 11 is 3.38. The minimum absolute atomic E-state index is 0.773. The fourth-order valence-electron chi connectivity index (χ4n) is 7.05. The summed E-state index contributed by atoms with van der Waals surface area (Å²) in [7, 11) is 0. The number of anilines is 4. The molecule has 0 saturated heterocycles. The van der Waals surface area contributed by atoms with Crippen molar-refractivity contribution in [1.82, 2.24) is 40.1 Å². The van der Waals surface area contributed by atoms with E-state index in [2.05, 4.69) is 106 Å². The molecule has 11 nitrogen and oxygen atoms in total. The Morgan fingerprint density at radius 1 is 0.627 bits per heavy atom. The second-order valence-corrected chi connectivity index (χ2v) is 15.5. The highest BCUT2D eigenvalue weighted by Crippen LogP contribution is 2.31. The van der Waals surface area contributed by atoms with Crippen molar-refractivity contribution >= 4 is 74.6 Å². The number of para-hydroxylation sites is 2. The van der Waals surface area contributed by atoms with Crippen LogP contribution in [0.3, 0.4) is 0 Å². The average molecular weight is 815 g/mol. The highest BCUT2D eigenvalue weighted by molar-refractivity contribution is 7.98. The maximum absolute atomic E-state index is 10.4. The average Bonchev–Trinajstić information content (AvgIpc) is 3.95. The Morgan fingerprint density at radius 2 is 1.20 bits per heavy atom. The zero-order valence-corrected chi connectivity index (χ0v) is 34.3. The Morgan fingerprint density at radius 3 is 1.85 bits per heavy atom. The van der Waals surface area contributed by atoms with Gasteiger partial charge in [-0.3, -0.25) is 19.7 Å². The smallest absolute Gasteiger partial charge is 0.151 e. The monoisotopic (exact) mass is 814 g/mol. The summed E-state index contributed by atoms with van der Waals surface area (Å²) in [5.74, 6) is 1.73. The third-order valence-electron chi connectivity index (χ3n) is 9.98. The van der Waals surface area contributed by atoms with Crippen LogP contribution in [-0.4, -0.2) is 53.6 Å². The van der Waals surface area contributed by atoms with Crippen LogP contribution < -0.4 is 16.0 Å². The molecule has 2 aliphatic rings. The van der Waals surface area contributed by atoms with Crippen LogP contribution in [-0.2, 0) is 32.7 Å². The van der Waals surface area contributed by atoms with Crippen LogP contribution in [0.5, 0.6) is 0 Å². The molecule has 294 valence electrons. The van der Waals surface area contributed by atoms with Crippen LogP contribution in [0.4, 0.5) is 23.0 Å². The number of thioether (sulfide) groups is 2. The lowest BCUT2D eigenvalue weighted by atomic mass is 10.2. The molecule has 0 saturated carbocycles. The van der Waals surface area contributed by atoms with Gasteiger partial charge in [-0.05, 0) is 54.5 Å². The number of nitrogens with one attached hydrogen (secondary N) is 3. The molecular formula is C46H42N10OS2. The molecule has 10 rings (SSSR count). The van der Waals surface area contributed by atoms with Crippen molar-refractivity contribution < 1.29 is 4.79 Å². The van der Waals surface area contributed by atoms with Crippen LogP contribution in [0.25, 0.3) is 21.8 Å². The Bertz CT molecular complexity index is 2730. The molecule has 0 unspecified atom stereocenters. The van der Waals surface area contributed by atoms with Gasteiger partial charge in [0.05, 0.1) is 46.2 Å². The molecule has 8 aromatic rings. The molecular weight excluding hydrogens is 773 g/mol. The van der Waals surface area contributed by atoms with E-state index >= 15 is 0 Å². The number of pyridine rings is 2. The number of aldehydes is 1. The number of aromatic nitrogens is 6. The second kappa shape index (κ2) is 19.0. The third kappa shape index (κ3) is 9.56. The Hall–Kier alpha value is -6.25. The Kier molecular flexibility index (Phi) is 12.7. The summed E-state index contributed by atoms with van der Waals surface area (Å²) in [4.78, 5) is 41.8. The molecule has 0 aliphatic carbocycles. The lowest BCUT2D eigenvalue weighted by Gasteiger charge is -2.16. The Labute approximate surface area is 351 Å². The third-order valence-corrected chi connectivity index (χ3v) is 11.6. The van der Waals surface area contributed by atoms with E-state index in [9.17, 15) is 4.79 Å². The summed E-state index contributed by atoms with van der Waals surface area (Å²) in [6, 6.07) is 36.5. The predicted octanol–water partition coefficient (Wildman–Crippen LogP) is 9.60. The van der Waals surface area contributed by atoms with Gasteiger partial charge in [0, 0.05) is 70.0 Å². The number of hydrogen-bond acceptors (Lipinski definition) is 13. The van der Waals surface area contributed by atoms with Gasteiger partial charge in [-0.2, -0.15) is 0 Å². The molecule has 0 atom stereocenters. The summed E-state index contributed by atoms with van der Waals surface area (Å²) in [5.41, 5.74) is 10.5. The van der Waals surface area contributed by atoms with Gasteiger partial charge in [-0.25, -0.2) is 19.9 Å². The highest BCUT2D eigenvalue weighted by atomic mass is 32.2. The minimum Gasteiger partial charge on any atom is -0.339 e. The van der Waals surface area contributed by atoms with Crippen molar-refractivity contribution in [2.75, 3.05) is 23.1 Å². The molecule has 4 aromatic heterocycles. The highest BCUT2D eigenvalue weighted by Gasteiger charge is 2.25. The molecule has 0 fully saturated rings. The number of nitrogens with zero attached hydrogens (tertiary/aromatic N) is 7. The predicted molar refractivity (Wildman–Crippen MR) is 239 cm³/mol. The van der Waals surface area contributed by atoms with Gasteiger partial charge in [-0.1, -0.05) is 72.8 Å². The van der Waals surface area contributed by atoms with Gasteiger partial charge in [0.1, 0.15) is 24.3 Å². The molecule has 6 heterocycles. The van der Waals surface area contributed by atoms with Crippen molar-refractivity contribution in [1.29, 1.82) is 0 Å². The first-order chi connectivity index (χ1) is 29.1. The molecule has 2 aliphatic heterocycles. The van der Waals surface area contributed by atoms with Crippen LogP contribution in [0.15, 0.2) is 144 Å². The van der Waals surface area contributed by atoms with E-state index in [0.29, 0.717) is 0 Å². The number of carbonyl (C=O) groups excluding carboxylic acids is 1. The van der Waals surface area contributed by atoms with Gasteiger partial charge in [0.2, 0.25) is 0 Å². The lowest BCUT2D eigenvalue weighted by Crippen LogP contribution is -2.16. The van der Waals surface area contributed by atoms with Crippen molar-refractivity contribution in [2.24, 2.45) is 0 Å². The maximum atomic E-state index is 10.4. The van der Waals surface area contributed by atoms with Gasteiger partial charge in [-0.15, -0.1) is 23.5 Å².